The molecule has 0 fully saturated rings. The molecule has 0 unspecified atom stereocenters. The SMILES string of the molecule is Cc1ccc(S(N)(=O)=O)c(-c2ccc(COc3ccc(C(=O)NCc4cccc(C(F)(F)F)c4)nc3)cc2)c1. The molecule has 0 bridgehead atoms. The number of sulfonamides is 1. The third kappa shape index (κ3) is 7.21. The average molecular weight is 556 g/mol. The molecule has 3 N–H and O–H groups in total. The fourth-order valence-electron chi connectivity index (χ4n) is 3.80. The van der Waals surface area contributed by atoms with Gasteiger partial charge in [-0.2, -0.15) is 13.2 Å². The molecule has 1 aromatic heterocycles. The van der Waals surface area contributed by atoms with Crippen LogP contribution < -0.4 is 15.2 Å². The zero-order valence-corrected chi connectivity index (χ0v) is 21.5. The molecule has 11 heteroatoms. The van der Waals surface area contributed by atoms with Crippen LogP contribution in [0.1, 0.15) is 32.7 Å². The van der Waals surface area contributed by atoms with E-state index in [2.05, 4.69) is 10.3 Å². The second kappa shape index (κ2) is 11.3. The van der Waals surface area contributed by atoms with Crippen LogP contribution in [-0.2, 0) is 29.4 Å². The number of carbonyl (C=O) groups excluding carboxylic acids is 1. The summed E-state index contributed by atoms with van der Waals surface area (Å²) < 4.78 is 68.2. The van der Waals surface area contributed by atoms with Gasteiger partial charge in [-0.05, 0) is 53.9 Å². The van der Waals surface area contributed by atoms with E-state index in [0.29, 0.717) is 22.4 Å². The Balaban J connectivity index is 1.35. The van der Waals surface area contributed by atoms with Gasteiger partial charge in [0.05, 0.1) is 16.7 Å². The van der Waals surface area contributed by atoms with E-state index >= 15 is 0 Å². The van der Waals surface area contributed by atoms with Crippen LogP contribution in [0.5, 0.6) is 5.75 Å². The van der Waals surface area contributed by atoms with Gasteiger partial charge in [-0.1, -0.05) is 54.1 Å². The van der Waals surface area contributed by atoms with Crippen molar-refractivity contribution in [2.24, 2.45) is 5.14 Å². The predicted octanol–water partition coefficient (Wildman–Crippen LogP) is 5.23. The molecule has 0 aliphatic heterocycles. The van der Waals surface area contributed by atoms with E-state index in [0.717, 1.165) is 23.3 Å². The molecule has 0 aliphatic rings. The number of aryl methyl sites for hydroxylation is 1. The minimum Gasteiger partial charge on any atom is -0.487 e. The minimum absolute atomic E-state index is 0.0436. The molecule has 4 aromatic rings. The largest absolute Gasteiger partial charge is 0.487 e. The summed E-state index contributed by atoms with van der Waals surface area (Å²) in [6.07, 6.45) is -3.09. The number of alkyl halides is 3. The van der Waals surface area contributed by atoms with Crippen molar-refractivity contribution in [3.63, 3.8) is 0 Å². The molecule has 0 spiro atoms. The summed E-state index contributed by atoms with van der Waals surface area (Å²) in [7, 11) is -3.89. The van der Waals surface area contributed by atoms with Crippen LogP contribution in [0.4, 0.5) is 13.2 Å². The summed E-state index contributed by atoms with van der Waals surface area (Å²) in [5.74, 6) is -0.131. The number of nitrogens with two attached hydrogens (primary N) is 1. The first-order valence-electron chi connectivity index (χ1n) is 11.7. The van der Waals surface area contributed by atoms with Crippen molar-refractivity contribution >= 4 is 15.9 Å². The van der Waals surface area contributed by atoms with Crippen LogP contribution >= 0.6 is 0 Å². The summed E-state index contributed by atoms with van der Waals surface area (Å²) in [6, 6.07) is 19.8. The highest BCUT2D eigenvalue weighted by atomic mass is 32.2. The van der Waals surface area contributed by atoms with E-state index in [1.165, 1.54) is 30.5 Å². The Labute approximate surface area is 223 Å². The predicted molar refractivity (Wildman–Crippen MR) is 139 cm³/mol. The van der Waals surface area contributed by atoms with Crippen LogP contribution in [0.2, 0.25) is 0 Å². The number of hydrogen-bond donors (Lipinski definition) is 2. The van der Waals surface area contributed by atoms with Gasteiger partial charge in [0.25, 0.3) is 5.91 Å². The number of benzene rings is 3. The topological polar surface area (TPSA) is 111 Å². The highest BCUT2D eigenvalue weighted by Crippen LogP contribution is 2.30. The Morgan fingerprint density at radius 1 is 0.974 bits per heavy atom. The summed E-state index contributed by atoms with van der Waals surface area (Å²) >= 11 is 0. The van der Waals surface area contributed by atoms with E-state index < -0.39 is 27.7 Å². The lowest BCUT2D eigenvalue weighted by molar-refractivity contribution is -0.137. The summed E-state index contributed by atoms with van der Waals surface area (Å²) in [5.41, 5.74) is 2.52. The van der Waals surface area contributed by atoms with Crippen LogP contribution in [0.25, 0.3) is 11.1 Å². The highest BCUT2D eigenvalue weighted by molar-refractivity contribution is 7.89. The second-order valence-electron chi connectivity index (χ2n) is 8.79. The van der Waals surface area contributed by atoms with E-state index in [4.69, 9.17) is 9.88 Å². The second-order valence-corrected chi connectivity index (χ2v) is 10.3. The first kappa shape index (κ1) is 27.8. The third-order valence-corrected chi connectivity index (χ3v) is 6.76. The Morgan fingerprint density at radius 3 is 2.36 bits per heavy atom. The van der Waals surface area contributed by atoms with Gasteiger partial charge in [0, 0.05) is 12.1 Å². The minimum atomic E-state index is -4.46. The lowest BCUT2D eigenvalue weighted by Gasteiger charge is -2.11. The van der Waals surface area contributed by atoms with Gasteiger partial charge >= 0.3 is 6.18 Å². The maximum atomic E-state index is 12.9. The van der Waals surface area contributed by atoms with Gasteiger partial charge in [-0.3, -0.25) is 4.79 Å². The maximum absolute atomic E-state index is 12.9. The average Bonchev–Trinajstić information content (AvgIpc) is 2.90. The molecule has 0 atom stereocenters. The standard InChI is InChI=1S/C28H24F3N3O4S/c1-18-5-12-26(39(32,36)37)24(13-18)21-8-6-19(7-9-21)17-38-23-10-11-25(33-16-23)27(35)34-15-20-3-2-4-22(14-20)28(29,30)31/h2-14,16H,15,17H2,1H3,(H,34,35)(H2,32,36,37). The number of pyridine rings is 1. The molecular formula is C28H24F3N3O4S. The number of amides is 1. The molecule has 39 heavy (non-hydrogen) atoms. The monoisotopic (exact) mass is 555 g/mol. The van der Waals surface area contributed by atoms with Crippen molar-refractivity contribution in [3.8, 4) is 16.9 Å². The smallest absolute Gasteiger partial charge is 0.416 e. The molecule has 0 saturated carbocycles. The molecule has 7 nitrogen and oxygen atoms in total. The van der Waals surface area contributed by atoms with E-state index in [-0.39, 0.29) is 23.7 Å². The van der Waals surface area contributed by atoms with Crippen molar-refractivity contribution in [1.29, 1.82) is 0 Å². The fraction of sp³-hybridized carbons (Fsp3) is 0.143. The summed E-state index contributed by atoms with van der Waals surface area (Å²) in [5, 5.41) is 7.91. The molecule has 1 amide bonds. The Morgan fingerprint density at radius 2 is 1.72 bits per heavy atom. The van der Waals surface area contributed by atoms with E-state index in [9.17, 15) is 26.4 Å². The van der Waals surface area contributed by atoms with Gasteiger partial charge in [-0.25, -0.2) is 18.5 Å². The first-order valence-corrected chi connectivity index (χ1v) is 13.2. The molecule has 3 aromatic carbocycles. The Kier molecular flexibility index (Phi) is 8.03. The number of halogens is 3. The number of primary sulfonamides is 1. The zero-order valence-electron chi connectivity index (χ0n) is 20.7. The molecule has 4 rings (SSSR count). The molecular weight excluding hydrogens is 531 g/mol. The molecule has 0 aliphatic carbocycles. The third-order valence-electron chi connectivity index (χ3n) is 5.79. The Hall–Kier alpha value is -4.22. The van der Waals surface area contributed by atoms with Crippen LogP contribution in [0, 0.1) is 6.92 Å². The lowest BCUT2D eigenvalue weighted by atomic mass is 10.0. The number of nitrogens with zero attached hydrogens (tertiary/aromatic N) is 1. The van der Waals surface area contributed by atoms with Crippen molar-refractivity contribution in [2.75, 3.05) is 0 Å². The number of nitrogens with one attached hydrogen (secondary N) is 1. The van der Waals surface area contributed by atoms with Crippen molar-refractivity contribution < 1.29 is 31.1 Å². The van der Waals surface area contributed by atoms with Gasteiger partial charge in [-0.15, -0.1) is 0 Å². The maximum Gasteiger partial charge on any atom is 0.416 e. The van der Waals surface area contributed by atoms with Gasteiger partial charge in [0.15, 0.2) is 0 Å². The number of aromatic nitrogens is 1. The van der Waals surface area contributed by atoms with Crippen molar-refractivity contribution in [1.82, 2.24) is 10.3 Å². The zero-order chi connectivity index (χ0) is 28.2. The number of hydrogen-bond acceptors (Lipinski definition) is 5. The number of ether oxygens (including phenoxy) is 1. The Bertz CT molecular complexity index is 1590. The summed E-state index contributed by atoms with van der Waals surface area (Å²) in [4.78, 5) is 16.5. The van der Waals surface area contributed by atoms with Crippen LogP contribution in [-0.4, -0.2) is 19.3 Å². The van der Waals surface area contributed by atoms with Crippen molar-refractivity contribution in [3.05, 3.63) is 113 Å². The molecule has 0 radical (unpaired) electrons. The van der Waals surface area contributed by atoms with Gasteiger partial charge in [0.2, 0.25) is 10.0 Å². The van der Waals surface area contributed by atoms with Gasteiger partial charge in [0.1, 0.15) is 18.1 Å². The number of rotatable bonds is 8. The summed E-state index contributed by atoms with van der Waals surface area (Å²) in [6.45, 7) is 1.97. The normalized spacial score (nSPS) is 11.7. The molecule has 1 heterocycles. The molecule has 202 valence electrons. The fourth-order valence-corrected chi connectivity index (χ4v) is 4.54. The van der Waals surface area contributed by atoms with Gasteiger partial charge < -0.3 is 10.1 Å². The van der Waals surface area contributed by atoms with Crippen LogP contribution in [0.3, 0.4) is 0 Å². The van der Waals surface area contributed by atoms with E-state index in [1.807, 2.05) is 6.92 Å². The molecule has 0 saturated heterocycles. The highest BCUT2D eigenvalue weighted by Gasteiger charge is 2.30. The van der Waals surface area contributed by atoms with E-state index in [1.54, 1.807) is 42.5 Å². The van der Waals surface area contributed by atoms with Crippen LogP contribution in [0.15, 0.2) is 90.0 Å². The lowest BCUT2D eigenvalue weighted by Crippen LogP contribution is -2.24. The van der Waals surface area contributed by atoms with Crippen molar-refractivity contribution in [2.45, 2.75) is 31.1 Å². The number of carbonyl (C=O) groups is 1. The first-order chi connectivity index (χ1) is 18.4. The quantitative estimate of drug-likeness (QED) is 0.309.